The van der Waals surface area contributed by atoms with Gasteiger partial charge in [0.1, 0.15) is 0 Å². The van der Waals surface area contributed by atoms with Gasteiger partial charge in [-0.1, -0.05) is 12.1 Å². The lowest BCUT2D eigenvalue weighted by molar-refractivity contribution is -0.0500. The van der Waals surface area contributed by atoms with Crippen molar-refractivity contribution in [2.24, 2.45) is 0 Å². The Balaban J connectivity index is 2.63. The average Bonchev–Trinajstić information content (AvgIpc) is 2.35. The molecule has 3 nitrogen and oxygen atoms in total. The van der Waals surface area contributed by atoms with Gasteiger partial charge in [-0.05, 0) is 17.5 Å². The zero-order valence-electron chi connectivity index (χ0n) is 9.71. The smallest absolute Gasteiger partial charge is 0.373 e. The van der Waals surface area contributed by atoms with E-state index in [1.165, 1.54) is 0 Å². The van der Waals surface area contributed by atoms with Gasteiger partial charge in [0.2, 0.25) is 0 Å². The van der Waals surface area contributed by atoms with Crippen molar-refractivity contribution >= 4 is 20.9 Å². The summed E-state index contributed by atoms with van der Waals surface area (Å²) in [6.07, 6.45) is 0. The maximum Gasteiger partial charge on any atom is 0.534 e. The molecule has 0 atom stereocenters. The van der Waals surface area contributed by atoms with Gasteiger partial charge >= 0.3 is 15.6 Å². The van der Waals surface area contributed by atoms with Crippen molar-refractivity contribution in [3.63, 3.8) is 0 Å². The Hall–Kier alpha value is -1.97. The molecule has 2 rings (SSSR count). The lowest BCUT2D eigenvalue weighted by atomic mass is 10.1. The van der Waals surface area contributed by atoms with Crippen molar-refractivity contribution in [3.8, 4) is 5.75 Å². The van der Waals surface area contributed by atoms with Crippen LogP contribution >= 0.6 is 0 Å². The normalized spacial score (nSPS) is 12.7. The molecule has 0 spiro atoms. The van der Waals surface area contributed by atoms with Gasteiger partial charge in [0, 0.05) is 0 Å². The molecule has 0 bridgehead atoms. The molecule has 0 fully saturated rings. The van der Waals surface area contributed by atoms with Crippen molar-refractivity contribution in [1.82, 2.24) is 0 Å². The van der Waals surface area contributed by atoms with Gasteiger partial charge in [0.15, 0.2) is 23.2 Å². The topological polar surface area (TPSA) is 43.4 Å². The lowest BCUT2D eigenvalue weighted by Gasteiger charge is -2.11. The van der Waals surface area contributed by atoms with Crippen LogP contribution in [0.5, 0.6) is 5.75 Å². The predicted octanol–water partition coefficient (Wildman–Crippen LogP) is 3.49. The zero-order valence-corrected chi connectivity index (χ0v) is 10.5. The fourth-order valence-corrected chi connectivity index (χ4v) is 1.98. The quantitative estimate of drug-likeness (QED) is 0.481. The van der Waals surface area contributed by atoms with Gasteiger partial charge in [-0.2, -0.15) is 21.6 Å². The van der Waals surface area contributed by atoms with Crippen LogP contribution < -0.4 is 4.18 Å². The lowest BCUT2D eigenvalue weighted by Crippen LogP contribution is -2.28. The molecule has 0 aromatic heterocycles. The highest BCUT2D eigenvalue weighted by Crippen LogP contribution is 2.33. The van der Waals surface area contributed by atoms with Crippen molar-refractivity contribution in [2.75, 3.05) is 0 Å². The molecule has 0 unspecified atom stereocenters. The number of benzene rings is 2. The highest BCUT2D eigenvalue weighted by Gasteiger charge is 2.49. The van der Waals surface area contributed by atoms with Gasteiger partial charge in [-0.25, -0.2) is 13.2 Å². The van der Waals surface area contributed by atoms with Crippen molar-refractivity contribution < 1.29 is 38.9 Å². The molecule has 21 heavy (non-hydrogen) atoms. The number of alkyl halides is 3. The van der Waals surface area contributed by atoms with Crippen LogP contribution in [0.15, 0.2) is 24.3 Å². The minimum Gasteiger partial charge on any atom is -0.373 e. The van der Waals surface area contributed by atoms with E-state index in [9.17, 15) is 34.8 Å². The largest absolute Gasteiger partial charge is 0.534 e. The van der Waals surface area contributed by atoms with Gasteiger partial charge in [-0.15, -0.1) is 0 Å². The van der Waals surface area contributed by atoms with E-state index in [0.29, 0.717) is 12.1 Å². The van der Waals surface area contributed by atoms with E-state index in [1.807, 2.05) is 0 Å². The number of hydrogen-bond donors (Lipinski definition) is 0. The molecule has 0 heterocycles. The highest BCUT2D eigenvalue weighted by molar-refractivity contribution is 7.88. The van der Waals surface area contributed by atoms with E-state index in [4.69, 9.17) is 0 Å². The Kier molecular flexibility index (Phi) is 3.52. The maximum absolute atomic E-state index is 13.9. The molecule has 0 N–H and O–H groups in total. The summed E-state index contributed by atoms with van der Waals surface area (Å²) in [6, 6.07) is 3.11. The summed E-state index contributed by atoms with van der Waals surface area (Å²) in [7, 11) is -6.12. The minimum atomic E-state index is -6.12. The van der Waals surface area contributed by atoms with Gasteiger partial charge in [0.05, 0.1) is 5.39 Å². The maximum atomic E-state index is 13.9. The summed E-state index contributed by atoms with van der Waals surface area (Å²) in [4.78, 5) is 0. The number of rotatable bonds is 2. The number of hydrogen-bond acceptors (Lipinski definition) is 3. The van der Waals surface area contributed by atoms with Crippen LogP contribution in [0.4, 0.5) is 26.3 Å². The van der Waals surface area contributed by atoms with Crippen LogP contribution in [0.2, 0.25) is 0 Å². The predicted molar refractivity (Wildman–Crippen MR) is 59.4 cm³/mol. The molecule has 0 amide bonds. The summed E-state index contributed by atoms with van der Waals surface area (Å²) in [5.41, 5.74) is -5.78. The Labute approximate surface area is 113 Å². The first-order valence-electron chi connectivity index (χ1n) is 5.11. The molecule has 0 aliphatic carbocycles. The first kappa shape index (κ1) is 15.4. The van der Waals surface area contributed by atoms with E-state index in [2.05, 4.69) is 4.18 Å². The van der Waals surface area contributed by atoms with Crippen molar-refractivity contribution in [1.29, 1.82) is 0 Å². The standard InChI is InChI=1S/C11H4F6O3S/c12-6-3-1-5-2-4-7(10(14)8(5)9(6)13)20-21(18,19)11(15,16)17/h1-4H. The van der Waals surface area contributed by atoms with Crippen LogP contribution in [-0.2, 0) is 10.1 Å². The first-order valence-corrected chi connectivity index (χ1v) is 6.52. The molecular weight excluding hydrogens is 326 g/mol. The monoisotopic (exact) mass is 330 g/mol. The molecular formula is C11H4F6O3S. The van der Waals surface area contributed by atoms with Crippen LogP contribution in [0, 0.1) is 17.5 Å². The molecule has 0 aliphatic heterocycles. The highest BCUT2D eigenvalue weighted by atomic mass is 32.2. The van der Waals surface area contributed by atoms with Gasteiger partial charge in [0.25, 0.3) is 0 Å². The zero-order chi connectivity index (χ0) is 16.0. The molecule has 0 aliphatic rings. The van der Waals surface area contributed by atoms with Crippen LogP contribution in [0.1, 0.15) is 0 Å². The summed E-state index contributed by atoms with van der Waals surface area (Å²) < 4.78 is 102. The Bertz CT molecular complexity index is 813. The van der Waals surface area contributed by atoms with Gasteiger partial charge in [-0.3, -0.25) is 0 Å². The Morgan fingerprint density at radius 1 is 0.905 bits per heavy atom. The molecule has 0 radical (unpaired) electrons. The van der Waals surface area contributed by atoms with Crippen LogP contribution in [0.3, 0.4) is 0 Å². The minimum absolute atomic E-state index is 0.178. The Morgan fingerprint density at radius 3 is 2.05 bits per heavy atom. The summed E-state index contributed by atoms with van der Waals surface area (Å²) in [6.45, 7) is 0. The van der Waals surface area contributed by atoms with Crippen LogP contribution in [0.25, 0.3) is 10.8 Å². The van der Waals surface area contributed by atoms with E-state index < -0.39 is 44.2 Å². The third kappa shape index (κ3) is 2.62. The molecule has 114 valence electrons. The third-order valence-electron chi connectivity index (χ3n) is 2.46. The molecule has 2 aromatic rings. The van der Waals surface area contributed by atoms with E-state index in [0.717, 1.165) is 12.1 Å². The molecule has 10 heteroatoms. The van der Waals surface area contributed by atoms with E-state index in [-0.39, 0.29) is 5.39 Å². The van der Waals surface area contributed by atoms with Gasteiger partial charge < -0.3 is 4.18 Å². The fourth-order valence-electron chi connectivity index (χ4n) is 1.52. The molecule has 0 saturated carbocycles. The van der Waals surface area contributed by atoms with E-state index in [1.54, 1.807) is 0 Å². The Morgan fingerprint density at radius 2 is 1.48 bits per heavy atom. The summed E-state index contributed by atoms with van der Waals surface area (Å²) >= 11 is 0. The third-order valence-corrected chi connectivity index (χ3v) is 3.43. The fraction of sp³-hybridized carbons (Fsp3) is 0.0909. The number of halogens is 6. The molecule has 0 saturated heterocycles. The van der Waals surface area contributed by atoms with Crippen molar-refractivity contribution in [3.05, 3.63) is 41.7 Å². The van der Waals surface area contributed by atoms with Crippen LogP contribution in [-0.4, -0.2) is 13.9 Å². The second kappa shape index (κ2) is 4.79. The summed E-state index contributed by atoms with van der Waals surface area (Å²) in [5, 5.41) is -1.19. The van der Waals surface area contributed by atoms with Crippen molar-refractivity contribution in [2.45, 2.75) is 5.51 Å². The number of fused-ring (bicyclic) bond motifs is 1. The molecule has 2 aromatic carbocycles. The SMILES string of the molecule is O=S(=O)(Oc1ccc2ccc(F)c(F)c2c1F)C(F)(F)F. The second-order valence-electron chi connectivity index (χ2n) is 3.82. The second-order valence-corrected chi connectivity index (χ2v) is 5.36. The average molecular weight is 330 g/mol. The van der Waals surface area contributed by atoms with E-state index >= 15 is 0 Å². The summed E-state index contributed by atoms with van der Waals surface area (Å²) in [5.74, 6) is -6.25. The first-order chi connectivity index (χ1) is 9.54.